The number of nitrogens with one attached hydrogen (secondary N) is 2. The van der Waals surface area contributed by atoms with Crippen LogP contribution in [0.2, 0.25) is 0 Å². The van der Waals surface area contributed by atoms with E-state index in [2.05, 4.69) is 30.8 Å². The lowest BCUT2D eigenvalue weighted by molar-refractivity contribution is 0.0205. The van der Waals surface area contributed by atoms with Gasteiger partial charge in [-0.1, -0.05) is 11.2 Å². The number of hydrogen-bond donors (Lipinski definition) is 2. The van der Waals surface area contributed by atoms with Gasteiger partial charge in [-0.2, -0.15) is 4.98 Å². The van der Waals surface area contributed by atoms with Crippen LogP contribution in [0.5, 0.6) is 0 Å². The van der Waals surface area contributed by atoms with Gasteiger partial charge in [-0.05, 0) is 44.2 Å². The van der Waals surface area contributed by atoms with Gasteiger partial charge in [-0.3, -0.25) is 9.98 Å². The zero-order valence-corrected chi connectivity index (χ0v) is 17.7. The van der Waals surface area contributed by atoms with Crippen molar-refractivity contribution in [1.82, 2.24) is 25.8 Å². The van der Waals surface area contributed by atoms with Gasteiger partial charge >= 0.3 is 0 Å². The second-order valence-electron chi connectivity index (χ2n) is 7.15. The second-order valence-corrected chi connectivity index (χ2v) is 7.15. The van der Waals surface area contributed by atoms with E-state index in [1.54, 1.807) is 6.20 Å². The van der Waals surface area contributed by atoms with Crippen LogP contribution >= 0.6 is 0 Å². The molecule has 0 aromatic carbocycles. The number of rotatable bonds is 11. The highest BCUT2D eigenvalue weighted by Crippen LogP contribution is 2.15. The molecule has 0 amide bonds. The van der Waals surface area contributed by atoms with Crippen LogP contribution in [-0.2, 0) is 15.9 Å². The van der Waals surface area contributed by atoms with E-state index in [9.17, 15) is 0 Å². The molecule has 3 rings (SSSR count). The summed E-state index contributed by atoms with van der Waals surface area (Å²) in [6, 6.07) is 5.59. The first-order chi connectivity index (χ1) is 14.8. The van der Waals surface area contributed by atoms with Crippen molar-refractivity contribution in [1.29, 1.82) is 0 Å². The number of pyridine rings is 1. The van der Waals surface area contributed by atoms with Gasteiger partial charge in [0.1, 0.15) is 5.69 Å². The predicted octanol–water partition coefficient (Wildman–Crippen LogP) is 2.06. The fraction of sp³-hybridized carbons (Fsp3) is 0.619. The Morgan fingerprint density at radius 3 is 2.97 bits per heavy atom. The average Bonchev–Trinajstić information content (AvgIpc) is 3.26. The smallest absolute Gasteiger partial charge is 0.276 e. The molecule has 2 N–H and O–H groups in total. The van der Waals surface area contributed by atoms with Crippen LogP contribution < -0.4 is 10.6 Å². The Morgan fingerprint density at radius 1 is 1.27 bits per heavy atom. The fourth-order valence-electron chi connectivity index (χ4n) is 3.10. The maximum absolute atomic E-state index is 5.79. The molecule has 1 aliphatic heterocycles. The summed E-state index contributed by atoms with van der Waals surface area (Å²) in [5.74, 6) is 2.51. The van der Waals surface area contributed by atoms with Crippen molar-refractivity contribution in [3.8, 4) is 11.6 Å². The van der Waals surface area contributed by atoms with Crippen LogP contribution in [0.15, 0.2) is 33.9 Å². The molecule has 9 heteroatoms. The van der Waals surface area contributed by atoms with Gasteiger partial charge in [0.15, 0.2) is 11.8 Å². The van der Waals surface area contributed by atoms with Crippen molar-refractivity contribution in [2.45, 2.75) is 32.6 Å². The number of nitrogens with zero attached hydrogens (tertiary/aromatic N) is 4. The summed E-state index contributed by atoms with van der Waals surface area (Å²) in [5.41, 5.74) is 0.679. The highest BCUT2D eigenvalue weighted by molar-refractivity contribution is 5.79. The largest absolute Gasteiger partial charge is 0.381 e. The summed E-state index contributed by atoms with van der Waals surface area (Å²) in [7, 11) is 0. The fourth-order valence-corrected chi connectivity index (χ4v) is 3.10. The van der Waals surface area contributed by atoms with Gasteiger partial charge in [0.2, 0.25) is 0 Å². The topological polar surface area (TPSA) is 107 Å². The minimum absolute atomic E-state index is 0.437. The van der Waals surface area contributed by atoms with Gasteiger partial charge in [0, 0.05) is 58.7 Å². The summed E-state index contributed by atoms with van der Waals surface area (Å²) in [6.07, 6.45) is 5.45. The molecule has 0 unspecified atom stereocenters. The number of aliphatic imine (C=N–C) groups is 1. The SMILES string of the molecule is CCNC(=NCCCOCC1CCOCC1)NCCc1noc(-c2ccccn2)n1. The molecule has 0 atom stereocenters. The molecule has 1 aliphatic rings. The lowest BCUT2D eigenvalue weighted by atomic mass is 10.0. The van der Waals surface area contributed by atoms with Crippen molar-refractivity contribution in [3.63, 3.8) is 0 Å². The zero-order chi connectivity index (χ0) is 20.9. The van der Waals surface area contributed by atoms with E-state index in [1.165, 1.54) is 0 Å². The Bertz CT molecular complexity index is 746. The molecule has 0 bridgehead atoms. The third kappa shape index (κ3) is 7.72. The average molecular weight is 417 g/mol. The van der Waals surface area contributed by atoms with E-state index in [4.69, 9.17) is 14.0 Å². The van der Waals surface area contributed by atoms with Gasteiger partial charge in [0.05, 0.1) is 0 Å². The van der Waals surface area contributed by atoms with E-state index in [-0.39, 0.29) is 0 Å². The molecule has 1 saturated heterocycles. The molecule has 164 valence electrons. The molecular formula is C21H32N6O3. The van der Waals surface area contributed by atoms with Crippen LogP contribution in [-0.4, -0.2) is 67.1 Å². The van der Waals surface area contributed by atoms with Gasteiger partial charge in [-0.25, -0.2) is 0 Å². The molecule has 3 heterocycles. The summed E-state index contributed by atoms with van der Waals surface area (Å²) in [4.78, 5) is 13.2. The molecule has 0 radical (unpaired) electrons. The van der Waals surface area contributed by atoms with Crippen molar-refractivity contribution < 1.29 is 14.0 Å². The van der Waals surface area contributed by atoms with Gasteiger partial charge in [0.25, 0.3) is 5.89 Å². The first-order valence-electron chi connectivity index (χ1n) is 10.8. The van der Waals surface area contributed by atoms with E-state index in [0.717, 1.165) is 64.7 Å². The van der Waals surface area contributed by atoms with Crippen molar-refractivity contribution >= 4 is 5.96 Å². The summed E-state index contributed by atoms with van der Waals surface area (Å²) in [6.45, 7) is 7.53. The van der Waals surface area contributed by atoms with Crippen LogP contribution in [0.1, 0.15) is 32.0 Å². The van der Waals surface area contributed by atoms with Crippen molar-refractivity contribution in [2.24, 2.45) is 10.9 Å². The Hall–Kier alpha value is -2.52. The minimum Gasteiger partial charge on any atom is -0.381 e. The van der Waals surface area contributed by atoms with Gasteiger partial charge in [-0.15, -0.1) is 0 Å². The maximum atomic E-state index is 5.79. The van der Waals surface area contributed by atoms with E-state index < -0.39 is 0 Å². The lowest BCUT2D eigenvalue weighted by Gasteiger charge is -2.21. The summed E-state index contributed by atoms with van der Waals surface area (Å²) >= 11 is 0. The van der Waals surface area contributed by atoms with E-state index in [1.807, 2.05) is 25.1 Å². The number of ether oxygens (including phenoxy) is 2. The maximum Gasteiger partial charge on any atom is 0.276 e. The molecule has 0 aliphatic carbocycles. The number of aromatic nitrogens is 3. The normalized spacial score (nSPS) is 15.3. The molecule has 2 aromatic rings. The molecule has 2 aromatic heterocycles. The first-order valence-corrected chi connectivity index (χ1v) is 10.8. The highest BCUT2D eigenvalue weighted by atomic mass is 16.5. The van der Waals surface area contributed by atoms with Crippen LogP contribution in [0.25, 0.3) is 11.6 Å². The number of hydrogen-bond acceptors (Lipinski definition) is 7. The van der Waals surface area contributed by atoms with E-state index >= 15 is 0 Å². The molecule has 30 heavy (non-hydrogen) atoms. The molecule has 1 fully saturated rings. The van der Waals surface area contributed by atoms with Crippen LogP contribution in [0, 0.1) is 5.92 Å². The first kappa shape index (κ1) is 22.2. The van der Waals surface area contributed by atoms with Crippen LogP contribution in [0.4, 0.5) is 0 Å². The van der Waals surface area contributed by atoms with E-state index in [0.29, 0.717) is 36.3 Å². The molecule has 0 saturated carbocycles. The van der Waals surface area contributed by atoms with Crippen LogP contribution in [0.3, 0.4) is 0 Å². The number of guanidine groups is 1. The Balaban J connectivity index is 1.33. The van der Waals surface area contributed by atoms with Gasteiger partial charge < -0.3 is 24.6 Å². The highest BCUT2D eigenvalue weighted by Gasteiger charge is 2.13. The monoisotopic (exact) mass is 416 g/mol. The molecule has 0 spiro atoms. The lowest BCUT2D eigenvalue weighted by Crippen LogP contribution is -2.38. The Kier molecular flexibility index (Phi) is 9.55. The summed E-state index contributed by atoms with van der Waals surface area (Å²) in [5, 5.41) is 10.6. The quantitative estimate of drug-likeness (QED) is 0.326. The third-order valence-electron chi connectivity index (χ3n) is 4.75. The standard InChI is InChI=1S/C21H32N6O3/c1-2-22-21(24-11-5-13-29-16-17-8-14-28-15-9-17)25-12-7-19-26-20(30-27-19)18-6-3-4-10-23-18/h3-4,6,10,17H,2,5,7-9,11-16H2,1H3,(H2,22,24,25). The molecular weight excluding hydrogens is 384 g/mol. The molecule has 9 nitrogen and oxygen atoms in total. The summed E-state index contributed by atoms with van der Waals surface area (Å²) < 4.78 is 16.5. The Labute approximate surface area is 177 Å². The zero-order valence-electron chi connectivity index (χ0n) is 17.7. The van der Waals surface area contributed by atoms with Crippen molar-refractivity contribution in [2.75, 3.05) is 46.1 Å². The Morgan fingerprint density at radius 2 is 2.17 bits per heavy atom. The predicted molar refractivity (Wildman–Crippen MR) is 114 cm³/mol. The minimum atomic E-state index is 0.437. The third-order valence-corrected chi connectivity index (χ3v) is 4.75. The second kappa shape index (κ2) is 12.9. The van der Waals surface area contributed by atoms with Crippen molar-refractivity contribution in [3.05, 3.63) is 30.2 Å².